The van der Waals surface area contributed by atoms with Crippen molar-refractivity contribution in [3.63, 3.8) is 0 Å². The first kappa shape index (κ1) is 21.6. The van der Waals surface area contributed by atoms with E-state index < -0.39 is 6.04 Å². The number of benzene rings is 1. The predicted molar refractivity (Wildman–Crippen MR) is 117 cm³/mol. The number of carbonyl (C=O) groups excluding carboxylic acids is 1. The minimum atomic E-state index is -0.476. The molecule has 30 heavy (non-hydrogen) atoms. The Hall–Kier alpha value is -3.09. The zero-order chi connectivity index (χ0) is 22.1. The third-order valence-corrected chi connectivity index (χ3v) is 5.04. The maximum absolute atomic E-state index is 13.3. The van der Waals surface area contributed by atoms with Crippen LogP contribution in [0.5, 0.6) is 5.75 Å². The van der Waals surface area contributed by atoms with Gasteiger partial charge < -0.3 is 14.6 Å². The third-order valence-electron chi connectivity index (χ3n) is 5.04. The predicted octanol–water partition coefficient (Wildman–Crippen LogP) is 4.02. The van der Waals surface area contributed by atoms with Gasteiger partial charge in [0.1, 0.15) is 17.6 Å². The van der Waals surface area contributed by atoms with Crippen LogP contribution in [-0.2, 0) is 12.6 Å². The molecule has 0 saturated heterocycles. The van der Waals surface area contributed by atoms with Crippen LogP contribution in [-0.4, -0.2) is 32.3 Å². The topological polar surface area (TPSA) is 74.0 Å². The quantitative estimate of drug-likeness (QED) is 0.667. The van der Waals surface area contributed by atoms with Crippen molar-refractivity contribution in [1.82, 2.24) is 24.6 Å². The average molecular weight is 410 g/mol. The molecule has 0 radical (unpaired) electrons. The molecule has 2 heterocycles. The van der Waals surface area contributed by atoms with Gasteiger partial charge in [-0.15, -0.1) is 0 Å². The summed E-state index contributed by atoms with van der Waals surface area (Å²) in [5.41, 5.74) is 2.03. The lowest BCUT2D eigenvalue weighted by atomic mass is 10.0. The van der Waals surface area contributed by atoms with E-state index >= 15 is 0 Å². The Morgan fingerprint density at radius 1 is 1.20 bits per heavy atom. The summed E-state index contributed by atoms with van der Waals surface area (Å²) >= 11 is 0. The molecule has 1 amide bonds. The molecule has 0 spiro atoms. The molecule has 7 heteroatoms. The van der Waals surface area contributed by atoms with Gasteiger partial charge in [-0.1, -0.05) is 32.0 Å². The summed E-state index contributed by atoms with van der Waals surface area (Å²) in [4.78, 5) is 17.8. The maximum Gasteiger partial charge on any atom is 0.272 e. The van der Waals surface area contributed by atoms with E-state index in [4.69, 9.17) is 4.74 Å². The van der Waals surface area contributed by atoms with E-state index in [-0.39, 0.29) is 17.4 Å². The highest BCUT2D eigenvalue weighted by Gasteiger charge is 2.28. The highest BCUT2D eigenvalue weighted by molar-refractivity contribution is 5.93. The molecule has 1 aromatic carbocycles. The second kappa shape index (κ2) is 8.34. The molecule has 0 fully saturated rings. The molecule has 2 aromatic heterocycles. The molecule has 1 N–H and O–H groups in total. The number of para-hydroxylation sites is 1. The molecule has 160 valence electrons. The molecule has 0 aliphatic carbocycles. The summed E-state index contributed by atoms with van der Waals surface area (Å²) in [5, 5.41) is 7.76. The van der Waals surface area contributed by atoms with Crippen LogP contribution in [0.25, 0.3) is 0 Å². The van der Waals surface area contributed by atoms with Crippen molar-refractivity contribution in [2.75, 3.05) is 7.11 Å². The molecule has 0 bridgehead atoms. The van der Waals surface area contributed by atoms with Gasteiger partial charge in [0.2, 0.25) is 0 Å². The Kier molecular flexibility index (Phi) is 6.01. The van der Waals surface area contributed by atoms with Crippen molar-refractivity contribution in [2.24, 2.45) is 7.05 Å². The van der Waals surface area contributed by atoms with Gasteiger partial charge in [-0.3, -0.25) is 9.48 Å². The highest BCUT2D eigenvalue weighted by Crippen LogP contribution is 2.30. The van der Waals surface area contributed by atoms with Crippen molar-refractivity contribution < 1.29 is 9.53 Å². The molecule has 0 saturated carbocycles. The molecule has 7 nitrogen and oxygen atoms in total. The largest absolute Gasteiger partial charge is 0.496 e. The third kappa shape index (κ3) is 4.25. The van der Waals surface area contributed by atoms with E-state index in [2.05, 4.69) is 50.0 Å². The maximum atomic E-state index is 13.3. The monoisotopic (exact) mass is 409 g/mol. The van der Waals surface area contributed by atoms with Crippen LogP contribution in [0.15, 0.2) is 42.7 Å². The van der Waals surface area contributed by atoms with Crippen LogP contribution >= 0.6 is 0 Å². The van der Waals surface area contributed by atoms with Crippen molar-refractivity contribution in [3.8, 4) is 5.75 Å². The minimum absolute atomic E-state index is 0.222. The molecular formula is C23H31N5O2. The Balaban J connectivity index is 2.02. The summed E-state index contributed by atoms with van der Waals surface area (Å²) in [6, 6.07) is 9.04. The normalized spacial score (nSPS) is 12.8. The number of amides is 1. The van der Waals surface area contributed by atoms with Crippen molar-refractivity contribution in [1.29, 1.82) is 0 Å². The van der Waals surface area contributed by atoms with E-state index in [0.717, 1.165) is 11.3 Å². The van der Waals surface area contributed by atoms with Gasteiger partial charge in [0.15, 0.2) is 5.69 Å². The van der Waals surface area contributed by atoms with E-state index in [1.807, 2.05) is 52.8 Å². The summed E-state index contributed by atoms with van der Waals surface area (Å²) < 4.78 is 9.37. The van der Waals surface area contributed by atoms with Gasteiger partial charge in [-0.25, -0.2) is 4.98 Å². The Morgan fingerprint density at radius 2 is 1.90 bits per heavy atom. The first-order valence-electron chi connectivity index (χ1n) is 10.1. The van der Waals surface area contributed by atoms with Crippen molar-refractivity contribution in [2.45, 2.75) is 52.1 Å². The lowest BCUT2D eigenvalue weighted by Gasteiger charge is -2.23. The number of carbonyl (C=O) groups is 1. The van der Waals surface area contributed by atoms with Crippen molar-refractivity contribution in [3.05, 3.63) is 65.5 Å². The molecule has 0 aliphatic heterocycles. The van der Waals surface area contributed by atoms with Gasteiger partial charge in [0.05, 0.1) is 12.6 Å². The van der Waals surface area contributed by atoms with Gasteiger partial charge in [0, 0.05) is 30.7 Å². The number of methoxy groups -OCH3 is 1. The second-order valence-electron chi connectivity index (χ2n) is 8.74. The molecular weight excluding hydrogens is 378 g/mol. The van der Waals surface area contributed by atoms with Gasteiger partial charge in [-0.05, 0) is 38.8 Å². The molecule has 3 aromatic rings. The fourth-order valence-corrected chi connectivity index (χ4v) is 3.50. The van der Waals surface area contributed by atoms with Crippen LogP contribution in [0.1, 0.15) is 74.1 Å². The minimum Gasteiger partial charge on any atom is -0.496 e. The first-order chi connectivity index (χ1) is 14.1. The number of aryl methyl sites for hydroxylation is 1. The standard InChI is InChI=1S/C23H31N5O2/c1-15(2)18-14-17(26-28(18)23(3,4)5)22(29)25-20(21-24-12-13-27(21)6)16-10-8-9-11-19(16)30-7/h8-15,20H,1-7H3,(H,25,29). The molecule has 1 atom stereocenters. The Labute approximate surface area is 178 Å². The molecule has 3 rings (SSSR count). The first-order valence-corrected chi connectivity index (χ1v) is 10.1. The van der Waals surface area contributed by atoms with Crippen LogP contribution in [0, 0.1) is 0 Å². The number of nitrogens with zero attached hydrogens (tertiary/aromatic N) is 4. The van der Waals surface area contributed by atoms with Gasteiger partial charge in [0.25, 0.3) is 5.91 Å². The van der Waals surface area contributed by atoms with Crippen molar-refractivity contribution >= 4 is 5.91 Å². The van der Waals surface area contributed by atoms with Gasteiger partial charge >= 0.3 is 0 Å². The van der Waals surface area contributed by atoms with Crippen LogP contribution in [0.3, 0.4) is 0 Å². The molecule has 1 unspecified atom stereocenters. The summed E-state index contributed by atoms with van der Waals surface area (Å²) in [7, 11) is 3.53. The SMILES string of the molecule is COc1ccccc1C(NC(=O)c1cc(C(C)C)n(C(C)(C)C)n1)c1nccn1C. The fourth-order valence-electron chi connectivity index (χ4n) is 3.50. The van der Waals surface area contributed by atoms with E-state index in [1.165, 1.54) is 0 Å². The fraction of sp³-hybridized carbons (Fsp3) is 0.435. The van der Waals surface area contributed by atoms with Crippen LogP contribution < -0.4 is 10.1 Å². The molecule has 0 aliphatic rings. The zero-order valence-corrected chi connectivity index (χ0v) is 18.8. The number of rotatable bonds is 6. The number of aromatic nitrogens is 4. The van der Waals surface area contributed by atoms with Crippen LogP contribution in [0.2, 0.25) is 0 Å². The number of imidazole rings is 1. The summed E-state index contributed by atoms with van der Waals surface area (Å²) in [6.45, 7) is 10.5. The zero-order valence-electron chi connectivity index (χ0n) is 18.8. The average Bonchev–Trinajstić information content (AvgIpc) is 3.32. The lowest BCUT2D eigenvalue weighted by molar-refractivity contribution is 0.0934. The Morgan fingerprint density at radius 3 is 2.43 bits per heavy atom. The van der Waals surface area contributed by atoms with E-state index in [9.17, 15) is 4.79 Å². The smallest absolute Gasteiger partial charge is 0.272 e. The highest BCUT2D eigenvalue weighted by atomic mass is 16.5. The number of ether oxygens (including phenoxy) is 1. The number of nitrogens with one attached hydrogen (secondary N) is 1. The summed E-state index contributed by atoms with van der Waals surface area (Å²) in [6.07, 6.45) is 3.57. The van der Waals surface area contributed by atoms with E-state index in [0.29, 0.717) is 17.3 Å². The lowest BCUT2D eigenvalue weighted by Crippen LogP contribution is -2.32. The summed E-state index contributed by atoms with van der Waals surface area (Å²) in [5.74, 6) is 1.40. The Bertz CT molecular complexity index is 1030. The van der Waals surface area contributed by atoms with E-state index in [1.54, 1.807) is 13.3 Å². The van der Waals surface area contributed by atoms with Crippen LogP contribution in [0.4, 0.5) is 0 Å². The number of hydrogen-bond donors (Lipinski definition) is 1. The van der Waals surface area contributed by atoms with Gasteiger partial charge in [-0.2, -0.15) is 5.10 Å². The number of hydrogen-bond acceptors (Lipinski definition) is 4. The second-order valence-corrected chi connectivity index (χ2v) is 8.74.